The lowest BCUT2D eigenvalue weighted by Crippen LogP contribution is -2.37. The highest BCUT2D eigenvalue weighted by molar-refractivity contribution is 5.98. The van der Waals surface area contributed by atoms with Crippen LogP contribution in [0.5, 0.6) is 5.75 Å². The first-order chi connectivity index (χ1) is 8.21. The zero-order valence-corrected chi connectivity index (χ0v) is 9.66. The van der Waals surface area contributed by atoms with Gasteiger partial charge in [-0.3, -0.25) is 4.79 Å². The highest BCUT2D eigenvalue weighted by atomic mass is 16.5. The van der Waals surface area contributed by atoms with E-state index in [0.29, 0.717) is 23.7 Å². The van der Waals surface area contributed by atoms with Crippen LogP contribution in [-0.2, 0) is 4.79 Å². The number of benzene rings is 1. The Bertz CT molecular complexity index is 464. The molecule has 1 aliphatic carbocycles. The predicted octanol–water partition coefficient (Wildman–Crippen LogP) is 2.16. The van der Waals surface area contributed by atoms with Crippen molar-refractivity contribution in [3.63, 3.8) is 0 Å². The van der Waals surface area contributed by atoms with Crippen molar-refractivity contribution in [3.8, 4) is 5.75 Å². The lowest BCUT2D eigenvalue weighted by atomic mass is 9.86. The Morgan fingerprint density at radius 3 is 2.82 bits per heavy atom. The Balaban J connectivity index is 1.99. The van der Waals surface area contributed by atoms with Crippen LogP contribution in [0.1, 0.15) is 25.7 Å². The van der Waals surface area contributed by atoms with Crippen molar-refractivity contribution in [2.75, 3.05) is 17.7 Å². The first kappa shape index (κ1) is 10.4. The summed E-state index contributed by atoms with van der Waals surface area (Å²) in [5.41, 5.74) is 6.80. The molecule has 0 aromatic heterocycles. The molecule has 1 heterocycles. The van der Waals surface area contributed by atoms with Gasteiger partial charge in [-0.05, 0) is 25.0 Å². The van der Waals surface area contributed by atoms with Crippen molar-refractivity contribution in [2.45, 2.75) is 25.7 Å². The summed E-state index contributed by atoms with van der Waals surface area (Å²) in [6.45, 7) is 0.444. The van der Waals surface area contributed by atoms with Crippen LogP contribution in [0.3, 0.4) is 0 Å². The third-order valence-corrected chi connectivity index (χ3v) is 3.83. The third-order valence-electron chi connectivity index (χ3n) is 3.83. The number of hydrogen-bond donors (Lipinski definition) is 2. The molecule has 1 aromatic carbocycles. The molecular formula is C13H16N2O2. The normalized spacial score (nSPS) is 21.5. The van der Waals surface area contributed by atoms with Gasteiger partial charge in [-0.1, -0.05) is 18.9 Å². The number of nitrogens with one attached hydrogen (secondary N) is 1. The second-order valence-electron chi connectivity index (χ2n) is 4.95. The zero-order chi connectivity index (χ0) is 11.9. The Morgan fingerprint density at radius 2 is 2.06 bits per heavy atom. The molecule has 0 radical (unpaired) electrons. The number of amides is 1. The molecule has 0 atom stereocenters. The minimum atomic E-state index is -0.342. The molecule has 0 saturated heterocycles. The van der Waals surface area contributed by atoms with Crippen LogP contribution in [0.4, 0.5) is 11.4 Å². The SMILES string of the molecule is Nc1cccc2c1OCC1(CCCC1)C(=O)N2. The maximum atomic E-state index is 12.3. The second-order valence-corrected chi connectivity index (χ2v) is 4.95. The van der Waals surface area contributed by atoms with Crippen LogP contribution in [0.25, 0.3) is 0 Å². The van der Waals surface area contributed by atoms with Gasteiger partial charge in [0.2, 0.25) is 5.91 Å². The van der Waals surface area contributed by atoms with Crippen molar-refractivity contribution in [1.29, 1.82) is 0 Å². The summed E-state index contributed by atoms with van der Waals surface area (Å²) in [7, 11) is 0. The third kappa shape index (κ3) is 1.55. The molecule has 0 unspecified atom stereocenters. The van der Waals surface area contributed by atoms with Crippen LogP contribution < -0.4 is 15.8 Å². The Morgan fingerprint density at radius 1 is 1.29 bits per heavy atom. The maximum Gasteiger partial charge on any atom is 0.234 e. The van der Waals surface area contributed by atoms with Gasteiger partial charge >= 0.3 is 0 Å². The molecule has 1 spiro atoms. The molecule has 3 rings (SSSR count). The largest absolute Gasteiger partial charge is 0.488 e. The van der Waals surface area contributed by atoms with E-state index >= 15 is 0 Å². The van der Waals surface area contributed by atoms with Crippen molar-refractivity contribution in [2.24, 2.45) is 5.41 Å². The molecule has 2 aliphatic rings. The number of hydrogen-bond acceptors (Lipinski definition) is 3. The number of carbonyl (C=O) groups excluding carboxylic acids is 1. The Labute approximate surface area is 100 Å². The highest BCUT2D eigenvalue weighted by Gasteiger charge is 2.44. The molecule has 3 N–H and O–H groups in total. The van der Waals surface area contributed by atoms with Gasteiger partial charge < -0.3 is 15.8 Å². The van der Waals surface area contributed by atoms with Gasteiger partial charge in [0.15, 0.2) is 5.75 Å². The molecule has 4 heteroatoms. The van der Waals surface area contributed by atoms with Gasteiger partial charge in [-0.2, -0.15) is 0 Å². The summed E-state index contributed by atoms with van der Waals surface area (Å²) >= 11 is 0. The minimum Gasteiger partial charge on any atom is -0.488 e. The van der Waals surface area contributed by atoms with Crippen LogP contribution in [0.2, 0.25) is 0 Å². The number of rotatable bonds is 0. The maximum absolute atomic E-state index is 12.3. The van der Waals surface area contributed by atoms with E-state index in [4.69, 9.17) is 10.5 Å². The average molecular weight is 232 g/mol. The number of nitrogen functional groups attached to an aromatic ring is 1. The van der Waals surface area contributed by atoms with E-state index in [9.17, 15) is 4.79 Å². The summed E-state index contributed by atoms with van der Waals surface area (Å²) < 4.78 is 5.78. The van der Waals surface area contributed by atoms with E-state index in [1.807, 2.05) is 12.1 Å². The van der Waals surface area contributed by atoms with Crippen molar-refractivity contribution < 1.29 is 9.53 Å². The van der Waals surface area contributed by atoms with Crippen LogP contribution >= 0.6 is 0 Å². The number of para-hydroxylation sites is 1. The zero-order valence-electron chi connectivity index (χ0n) is 9.66. The van der Waals surface area contributed by atoms with E-state index in [1.165, 1.54) is 0 Å². The first-order valence-corrected chi connectivity index (χ1v) is 6.04. The molecule has 17 heavy (non-hydrogen) atoms. The van der Waals surface area contributed by atoms with E-state index in [-0.39, 0.29) is 11.3 Å². The number of ether oxygens (including phenoxy) is 1. The van der Waals surface area contributed by atoms with Crippen molar-refractivity contribution in [3.05, 3.63) is 18.2 Å². The first-order valence-electron chi connectivity index (χ1n) is 6.04. The number of anilines is 2. The van der Waals surface area contributed by atoms with Crippen molar-refractivity contribution in [1.82, 2.24) is 0 Å². The number of nitrogens with two attached hydrogens (primary N) is 1. The van der Waals surface area contributed by atoms with E-state index in [0.717, 1.165) is 25.7 Å². The van der Waals surface area contributed by atoms with E-state index in [2.05, 4.69) is 5.32 Å². The van der Waals surface area contributed by atoms with E-state index in [1.54, 1.807) is 6.07 Å². The fraction of sp³-hybridized carbons (Fsp3) is 0.462. The predicted molar refractivity (Wildman–Crippen MR) is 65.9 cm³/mol. The van der Waals surface area contributed by atoms with Gasteiger partial charge in [0, 0.05) is 0 Å². The van der Waals surface area contributed by atoms with Gasteiger partial charge in [0.25, 0.3) is 0 Å². The highest BCUT2D eigenvalue weighted by Crippen LogP contribution is 2.44. The van der Waals surface area contributed by atoms with Crippen molar-refractivity contribution >= 4 is 17.3 Å². The van der Waals surface area contributed by atoms with E-state index < -0.39 is 0 Å². The lowest BCUT2D eigenvalue weighted by molar-refractivity contribution is -0.126. The smallest absolute Gasteiger partial charge is 0.234 e. The molecule has 1 aliphatic heterocycles. The molecular weight excluding hydrogens is 216 g/mol. The molecule has 90 valence electrons. The molecule has 4 nitrogen and oxygen atoms in total. The van der Waals surface area contributed by atoms with Gasteiger partial charge in [0.05, 0.1) is 16.8 Å². The molecule has 1 amide bonds. The summed E-state index contributed by atoms with van der Waals surface area (Å²) in [6.07, 6.45) is 4.02. The molecule has 1 saturated carbocycles. The van der Waals surface area contributed by atoms with Gasteiger partial charge in [-0.25, -0.2) is 0 Å². The fourth-order valence-electron chi connectivity index (χ4n) is 2.77. The summed E-state index contributed by atoms with van der Waals surface area (Å²) in [6, 6.07) is 5.44. The lowest BCUT2D eigenvalue weighted by Gasteiger charge is -2.23. The summed E-state index contributed by atoms with van der Waals surface area (Å²) in [5, 5.41) is 2.95. The molecule has 1 aromatic rings. The quantitative estimate of drug-likeness (QED) is 0.674. The molecule has 0 bridgehead atoms. The standard InChI is InChI=1S/C13H16N2O2/c14-9-4-3-5-10-11(9)17-8-13(12(16)15-10)6-1-2-7-13/h3-5H,1-2,6-8,14H2,(H,15,16). The Hall–Kier alpha value is -1.71. The van der Waals surface area contributed by atoms with Crippen LogP contribution in [0, 0.1) is 5.41 Å². The number of carbonyl (C=O) groups is 1. The monoisotopic (exact) mass is 232 g/mol. The van der Waals surface area contributed by atoms with Gasteiger partial charge in [0.1, 0.15) is 6.61 Å². The summed E-state index contributed by atoms with van der Waals surface area (Å²) in [4.78, 5) is 12.3. The average Bonchev–Trinajstić information content (AvgIpc) is 2.72. The topological polar surface area (TPSA) is 64.3 Å². The molecule has 1 fully saturated rings. The minimum absolute atomic E-state index is 0.0827. The second kappa shape index (κ2) is 3.65. The van der Waals surface area contributed by atoms with Crippen LogP contribution in [-0.4, -0.2) is 12.5 Å². The Kier molecular flexibility index (Phi) is 2.24. The van der Waals surface area contributed by atoms with Gasteiger partial charge in [-0.15, -0.1) is 0 Å². The van der Waals surface area contributed by atoms with Crippen LogP contribution in [0.15, 0.2) is 18.2 Å². The summed E-state index contributed by atoms with van der Waals surface area (Å²) in [5.74, 6) is 0.698. The number of fused-ring (bicyclic) bond motifs is 1. The fourth-order valence-corrected chi connectivity index (χ4v) is 2.77.